The van der Waals surface area contributed by atoms with Crippen molar-refractivity contribution in [3.05, 3.63) is 0 Å². The first-order valence-electron chi connectivity index (χ1n) is 1.82. The van der Waals surface area contributed by atoms with Crippen LogP contribution in [-0.2, 0) is 14.3 Å². The summed E-state index contributed by atoms with van der Waals surface area (Å²) in [5, 5.41) is 0. The topological polar surface area (TPSA) is 43.4 Å². The number of carbonyl (C=O) groups excluding carboxylic acids is 2. The van der Waals surface area contributed by atoms with Gasteiger partial charge in [-0.05, 0) is 0 Å². The van der Waals surface area contributed by atoms with E-state index in [1.165, 1.54) is 13.8 Å². The number of carbonyl (C=O) groups is 2. The largest absolute Gasteiger partial charge is 1.00 e. The van der Waals surface area contributed by atoms with Gasteiger partial charge < -0.3 is 7.59 Å². The smallest absolute Gasteiger partial charge is 1.00 e. The van der Waals surface area contributed by atoms with Crippen LogP contribution in [0, 0.1) is 0 Å². The van der Waals surface area contributed by atoms with Crippen molar-refractivity contribution in [1.82, 2.24) is 0 Å². The van der Waals surface area contributed by atoms with Crippen molar-refractivity contribution < 1.29 is 98.1 Å². The minimum atomic E-state index is -0.562. The van der Waals surface area contributed by atoms with Gasteiger partial charge >= 0.3 is 92.9 Å². The molecular weight excluding hydrogens is 158 g/mol. The molecule has 44 valence electrons. The fourth-order valence-electron chi connectivity index (χ4n) is 0.202. The van der Waals surface area contributed by atoms with Gasteiger partial charge in [-0.1, -0.05) is 0 Å². The molecule has 0 spiro atoms. The van der Waals surface area contributed by atoms with Gasteiger partial charge in [0.1, 0.15) is 0 Å². The third kappa shape index (κ3) is 17.7. The third-order valence-corrected chi connectivity index (χ3v) is 0.287. The number of hydrogen-bond donors (Lipinski definition) is 0. The quantitative estimate of drug-likeness (QED) is 0.205. The molecule has 0 aromatic heterocycles. The van der Waals surface area contributed by atoms with E-state index in [-0.39, 0.29) is 83.8 Å². The van der Waals surface area contributed by atoms with Gasteiger partial charge in [0.2, 0.25) is 0 Å². The SMILES string of the molecule is CC(=O)OC(C)=O.[H-].[H-].[K+].[Na+]. The van der Waals surface area contributed by atoms with E-state index in [9.17, 15) is 9.59 Å². The predicted molar refractivity (Wildman–Crippen MR) is 24.7 cm³/mol. The summed E-state index contributed by atoms with van der Waals surface area (Å²) >= 11 is 0. The molecule has 0 fully saturated rings. The molecule has 0 aromatic rings. The van der Waals surface area contributed by atoms with Crippen molar-refractivity contribution in [2.75, 3.05) is 0 Å². The van der Waals surface area contributed by atoms with Crippen LogP contribution in [0.2, 0.25) is 0 Å². The van der Waals surface area contributed by atoms with E-state index >= 15 is 0 Å². The number of rotatable bonds is 0. The van der Waals surface area contributed by atoms with E-state index in [4.69, 9.17) is 0 Å². The molecule has 0 unspecified atom stereocenters. The Morgan fingerprint density at radius 1 is 1.22 bits per heavy atom. The second kappa shape index (κ2) is 9.78. The molecule has 3 nitrogen and oxygen atoms in total. The Hall–Kier alpha value is 1.78. The van der Waals surface area contributed by atoms with Gasteiger partial charge in [0, 0.05) is 13.8 Å². The molecule has 0 bridgehead atoms. The molecular formula is C4H8KNaO3. The maximum Gasteiger partial charge on any atom is 1.00 e. The zero-order chi connectivity index (χ0) is 5.86. The van der Waals surface area contributed by atoms with Gasteiger partial charge in [-0.3, -0.25) is 9.59 Å². The van der Waals surface area contributed by atoms with Gasteiger partial charge in [-0.25, -0.2) is 0 Å². The summed E-state index contributed by atoms with van der Waals surface area (Å²) in [5.74, 6) is -1.12. The molecule has 0 amide bonds. The molecule has 0 saturated heterocycles. The molecule has 0 aliphatic rings. The maximum atomic E-state index is 9.81. The van der Waals surface area contributed by atoms with Gasteiger partial charge in [-0.15, -0.1) is 0 Å². The molecule has 0 atom stereocenters. The molecule has 0 aliphatic heterocycles. The first-order valence-corrected chi connectivity index (χ1v) is 1.82. The molecule has 0 aliphatic carbocycles. The second-order valence-electron chi connectivity index (χ2n) is 1.09. The zero-order valence-electron chi connectivity index (χ0n) is 8.22. The van der Waals surface area contributed by atoms with Crippen LogP contribution in [0.5, 0.6) is 0 Å². The first-order chi connectivity index (χ1) is 3.13. The van der Waals surface area contributed by atoms with Crippen molar-refractivity contribution >= 4 is 11.9 Å². The van der Waals surface area contributed by atoms with E-state index in [0.29, 0.717) is 0 Å². The summed E-state index contributed by atoms with van der Waals surface area (Å²) in [6.07, 6.45) is 0. The summed E-state index contributed by atoms with van der Waals surface area (Å²) < 4.78 is 3.97. The average molecular weight is 166 g/mol. The van der Waals surface area contributed by atoms with E-state index in [1.807, 2.05) is 0 Å². The van der Waals surface area contributed by atoms with Crippen molar-refractivity contribution in [2.45, 2.75) is 13.8 Å². The number of esters is 2. The second-order valence-corrected chi connectivity index (χ2v) is 1.09. The van der Waals surface area contributed by atoms with Gasteiger partial charge in [0.15, 0.2) is 0 Å². The average Bonchev–Trinajstić information content (AvgIpc) is 1.27. The van der Waals surface area contributed by atoms with E-state index < -0.39 is 11.9 Å². The summed E-state index contributed by atoms with van der Waals surface area (Å²) in [6, 6.07) is 0. The maximum absolute atomic E-state index is 9.81. The summed E-state index contributed by atoms with van der Waals surface area (Å²) in [7, 11) is 0. The fraction of sp³-hybridized carbons (Fsp3) is 0.500. The number of ether oxygens (including phenoxy) is 1. The van der Waals surface area contributed by atoms with Crippen LogP contribution in [0.25, 0.3) is 0 Å². The minimum Gasteiger partial charge on any atom is -1.00 e. The molecule has 0 heterocycles. The van der Waals surface area contributed by atoms with Gasteiger partial charge in [0.25, 0.3) is 0 Å². The Bertz CT molecular complexity index is 99.5. The fourth-order valence-corrected chi connectivity index (χ4v) is 0.202. The molecule has 9 heavy (non-hydrogen) atoms. The normalized spacial score (nSPS) is 6.00. The van der Waals surface area contributed by atoms with Crippen molar-refractivity contribution in [1.29, 1.82) is 0 Å². The summed E-state index contributed by atoms with van der Waals surface area (Å²) in [4.78, 5) is 19.6. The molecule has 0 aromatic carbocycles. The van der Waals surface area contributed by atoms with Crippen molar-refractivity contribution in [2.24, 2.45) is 0 Å². The molecule has 5 heteroatoms. The van der Waals surface area contributed by atoms with Crippen LogP contribution in [-0.4, -0.2) is 11.9 Å². The van der Waals surface area contributed by atoms with Gasteiger partial charge in [0.05, 0.1) is 0 Å². The first kappa shape index (κ1) is 17.0. The molecule has 0 saturated carbocycles. The monoisotopic (exact) mass is 166 g/mol. The summed E-state index contributed by atoms with van der Waals surface area (Å²) in [6.45, 7) is 2.36. The van der Waals surface area contributed by atoms with Gasteiger partial charge in [-0.2, -0.15) is 0 Å². The Labute approximate surface area is 122 Å². The van der Waals surface area contributed by atoms with E-state index in [0.717, 1.165) is 0 Å². The Morgan fingerprint density at radius 2 is 1.44 bits per heavy atom. The molecule has 0 N–H and O–H groups in total. The zero-order valence-corrected chi connectivity index (χ0v) is 11.3. The minimum absolute atomic E-state index is 0. The molecule has 0 rings (SSSR count). The van der Waals surface area contributed by atoms with Crippen LogP contribution in [0.3, 0.4) is 0 Å². The van der Waals surface area contributed by atoms with E-state index in [2.05, 4.69) is 4.74 Å². The van der Waals surface area contributed by atoms with Crippen molar-refractivity contribution in [3.8, 4) is 0 Å². The molecule has 0 radical (unpaired) electrons. The third-order valence-electron chi connectivity index (χ3n) is 0.287. The van der Waals surface area contributed by atoms with Crippen LogP contribution in [0.4, 0.5) is 0 Å². The standard InChI is InChI=1S/C4H6O3.K.Na.2H/c1-3(5)7-4(2)6;;;;/h1-2H3;;;;/q;2*+1;2*-1. The van der Waals surface area contributed by atoms with E-state index in [1.54, 1.807) is 0 Å². The van der Waals surface area contributed by atoms with Crippen molar-refractivity contribution in [3.63, 3.8) is 0 Å². The predicted octanol–water partition coefficient (Wildman–Crippen LogP) is -5.67. The Morgan fingerprint density at radius 3 is 1.44 bits per heavy atom. The van der Waals surface area contributed by atoms with Crippen LogP contribution < -0.4 is 80.9 Å². The Balaban J connectivity index is -0.0000000300. The Kier molecular flexibility index (Phi) is 18.5. The summed E-state index contributed by atoms with van der Waals surface area (Å²) in [5.41, 5.74) is 0. The van der Waals surface area contributed by atoms with Crippen LogP contribution in [0.1, 0.15) is 16.7 Å². The van der Waals surface area contributed by atoms with Crippen LogP contribution >= 0.6 is 0 Å². The number of hydrogen-bond acceptors (Lipinski definition) is 3. The van der Waals surface area contributed by atoms with Crippen LogP contribution in [0.15, 0.2) is 0 Å².